The van der Waals surface area contributed by atoms with Gasteiger partial charge in [-0.3, -0.25) is 4.79 Å². The molecule has 0 aliphatic carbocycles. The zero-order valence-electron chi connectivity index (χ0n) is 11.6. The third-order valence-corrected chi connectivity index (χ3v) is 3.35. The summed E-state index contributed by atoms with van der Waals surface area (Å²) in [6, 6.07) is 14.0. The second-order valence-electron chi connectivity index (χ2n) is 4.65. The van der Waals surface area contributed by atoms with Crippen LogP contribution in [0.3, 0.4) is 0 Å². The van der Waals surface area contributed by atoms with Gasteiger partial charge in [0.1, 0.15) is 0 Å². The number of hydrogen-bond donors (Lipinski definition) is 0. The van der Waals surface area contributed by atoms with Gasteiger partial charge in [-0.25, -0.2) is 9.97 Å². The Hall–Kier alpha value is -2.75. The number of aromatic nitrogens is 2. The average molecular weight is 278 g/mol. The highest BCUT2D eigenvalue weighted by Gasteiger charge is 2.16. The van der Waals surface area contributed by atoms with Gasteiger partial charge in [-0.2, -0.15) is 0 Å². The molecule has 0 aliphatic rings. The number of methoxy groups -OCH3 is 1. The highest BCUT2D eigenvalue weighted by molar-refractivity contribution is 6.00. The number of ether oxygens (including phenoxy) is 1. The van der Waals surface area contributed by atoms with Gasteiger partial charge in [-0.05, 0) is 16.3 Å². The monoisotopic (exact) mass is 278 g/mol. The van der Waals surface area contributed by atoms with E-state index in [2.05, 4.69) is 9.97 Å². The molecule has 4 nitrogen and oxygen atoms in total. The molecule has 0 aliphatic heterocycles. The lowest BCUT2D eigenvalue weighted by atomic mass is 9.99. The van der Waals surface area contributed by atoms with E-state index in [4.69, 9.17) is 4.74 Å². The first-order valence-corrected chi connectivity index (χ1v) is 6.64. The summed E-state index contributed by atoms with van der Waals surface area (Å²) in [6.45, 7) is 0. The SMILES string of the molecule is COc1nccnc1C(=O)Cc1cccc2ccccc12. The normalized spacial score (nSPS) is 10.5. The number of nitrogens with zero attached hydrogens (tertiary/aromatic N) is 2. The molecule has 1 heterocycles. The molecule has 0 atom stereocenters. The third-order valence-electron chi connectivity index (χ3n) is 3.35. The van der Waals surface area contributed by atoms with Gasteiger partial charge in [-0.15, -0.1) is 0 Å². The van der Waals surface area contributed by atoms with E-state index in [1.54, 1.807) is 0 Å². The van der Waals surface area contributed by atoms with Crippen molar-refractivity contribution >= 4 is 16.6 Å². The first kappa shape index (κ1) is 13.2. The average Bonchev–Trinajstić information content (AvgIpc) is 2.55. The maximum atomic E-state index is 12.5. The number of ketones is 1. The molecule has 3 aromatic rings. The molecule has 0 saturated carbocycles. The van der Waals surface area contributed by atoms with Crippen molar-refractivity contribution in [1.29, 1.82) is 0 Å². The summed E-state index contributed by atoms with van der Waals surface area (Å²) in [5.74, 6) is 0.166. The molecule has 21 heavy (non-hydrogen) atoms. The number of Topliss-reactive ketones (excluding diaryl/α,β-unsaturated/α-hetero) is 1. The van der Waals surface area contributed by atoms with Gasteiger partial charge in [0.2, 0.25) is 5.88 Å². The Bertz CT molecular complexity index is 794. The Kier molecular flexibility index (Phi) is 3.60. The van der Waals surface area contributed by atoms with Crippen LogP contribution in [0.2, 0.25) is 0 Å². The molecule has 0 amide bonds. The smallest absolute Gasteiger partial charge is 0.243 e. The van der Waals surface area contributed by atoms with Crippen LogP contribution >= 0.6 is 0 Å². The summed E-state index contributed by atoms with van der Waals surface area (Å²) < 4.78 is 5.10. The number of carbonyl (C=O) groups is 1. The zero-order chi connectivity index (χ0) is 14.7. The van der Waals surface area contributed by atoms with Crippen LogP contribution < -0.4 is 4.74 Å². The van der Waals surface area contributed by atoms with Crippen LogP contribution in [0.25, 0.3) is 10.8 Å². The minimum atomic E-state index is -0.101. The number of rotatable bonds is 4. The van der Waals surface area contributed by atoms with Gasteiger partial charge in [0, 0.05) is 18.8 Å². The Morgan fingerprint density at radius 1 is 1.05 bits per heavy atom. The Morgan fingerprint density at radius 3 is 2.67 bits per heavy atom. The third kappa shape index (κ3) is 2.60. The van der Waals surface area contributed by atoms with Crippen molar-refractivity contribution in [1.82, 2.24) is 9.97 Å². The molecule has 104 valence electrons. The molecule has 0 fully saturated rings. The summed E-state index contributed by atoms with van der Waals surface area (Å²) >= 11 is 0. The fourth-order valence-corrected chi connectivity index (χ4v) is 2.37. The van der Waals surface area contributed by atoms with Crippen molar-refractivity contribution in [2.45, 2.75) is 6.42 Å². The lowest BCUT2D eigenvalue weighted by Gasteiger charge is -2.07. The van der Waals surface area contributed by atoms with E-state index >= 15 is 0 Å². The number of carbonyl (C=O) groups excluding carboxylic acids is 1. The van der Waals surface area contributed by atoms with Gasteiger partial charge in [-0.1, -0.05) is 42.5 Å². The van der Waals surface area contributed by atoms with Crippen LogP contribution in [0.1, 0.15) is 16.1 Å². The molecule has 0 saturated heterocycles. The quantitative estimate of drug-likeness (QED) is 0.688. The highest BCUT2D eigenvalue weighted by atomic mass is 16.5. The fraction of sp³-hybridized carbons (Fsp3) is 0.118. The van der Waals surface area contributed by atoms with Crippen LogP contribution in [0.5, 0.6) is 5.88 Å². The predicted molar refractivity (Wildman–Crippen MR) is 80.6 cm³/mol. The van der Waals surface area contributed by atoms with Crippen molar-refractivity contribution in [3.05, 3.63) is 66.1 Å². The minimum Gasteiger partial charge on any atom is -0.479 e. The van der Waals surface area contributed by atoms with Gasteiger partial charge >= 0.3 is 0 Å². The molecule has 3 rings (SSSR count). The predicted octanol–water partition coefficient (Wildman–Crippen LogP) is 3.06. The van der Waals surface area contributed by atoms with E-state index in [0.29, 0.717) is 0 Å². The summed E-state index contributed by atoms with van der Waals surface area (Å²) in [6.07, 6.45) is 3.28. The Morgan fingerprint density at radius 2 is 1.81 bits per heavy atom. The fourth-order valence-electron chi connectivity index (χ4n) is 2.37. The number of fused-ring (bicyclic) bond motifs is 1. The van der Waals surface area contributed by atoms with Crippen molar-refractivity contribution in [2.24, 2.45) is 0 Å². The zero-order valence-corrected chi connectivity index (χ0v) is 11.6. The number of hydrogen-bond acceptors (Lipinski definition) is 4. The van der Waals surface area contributed by atoms with Gasteiger partial charge in [0.05, 0.1) is 7.11 Å². The van der Waals surface area contributed by atoms with Crippen LogP contribution in [0, 0.1) is 0 Å². The van der Waals surface area contributed by atoms with E-state index < -0.39 is 0 Å². The van der Waals surface area contributed by atoms with Crippen molar-refractivity contribution in [3.63, 3.8) is 0 Å². The number of benzene rings is 2. The summed E-state index contributed by atoms with van der Waals surface area (Å²) in [7, 11) is 1.48. The van der Waals surface area contributed by atoms with Gasteiger partial charge < -0.3 is 4.74 Å². The van der Waals surface area contributed by atoms with Gasteiger partial charge in [0.15, 0.2) is 11.5 Å². The van der Waals surface area contributed by atoms with Crippen molar-refractivity contribution in [2.75, 3.05) is 7.11 Å². The minimum absolute atomic E-state index is 0.101. The molecule has 0 spiro atoms. The molecule has 0 unspecified atom stereocenters. The summed E-state index contributed by atoms with van der Waals surface area (Å²) in [4.78, 5) is 20.6. The molecule has 0 bridgehead atoms. The van der Waals surface area contributed by atoms with Crippen LogP contribution in [-0.2, 0) is 6.42 Å². The van der Waals surface area contributed by atoms with E-state index in [1.807, 2.05) is 42.5 Å². The van der Waals surface area contributed by atoms with E-state index in [0.717, 1.165) is 16.3 Å². The molecule has 4 heteroatoms. The first-order chi connectivity index (χ1) is 10.3. The van der Waals surface area contributed by atoms with Gasteiger partial charge in [0.25, 0.3) is 0 Å². The first-order valence-electron chi connectivity index (χ1n) is 6.64. The van der Waals surface area contributed by atoms with E-state index in [9.17, 15) is 4.79 Å². The van der Waals surface area contributed by atoms with E-state index in [-0.39, 0.29) is 23.8 Å². The molecular weight excluding hydrogens is 264 g/mol. The topological polar surface area (TPSA) is 52.1 Å². The van der Waals surface area contributed by atoms with E-state index in [1.165, 1.54) is 19.5 Å². The molecular formula is C17H14N2O2. The highest BCUT2D eigenvalue weighted by Crippen LogP contribution is 2.21. The molecule has 0 radical (unpaired) electrons. The van der Waals surface area contributed by atoms with Crippen molar-refractivity contribution in [3.8, 4) is 5.88 Å². The molecule has 1 aromatic heterocycles. The standard InChI is InChI=1S/C17H14N2O2/c1-21-17-16(18-9-10-19-17)15(20)11-13-7-4-6-12-5-2-3-8-14(12)13/h2-10H,11H2,1H3. The lowest BCUT2D eigenvalue weighted by Crippen LogP contribution is -2.09. The Labute approximate surface area is 122 Å². The summed E-state index contributed by atoms with van der Waals surface area (Å²) in [5, 5.41) is 2.20. The second kappa shape index (κ2) is 5.71. The maximum absolute atomic E-state index is 12.5. The maximum Gasteiger partial charge on any atom is 0.243 e. The second-order valence-corrected chi connectivity index (χ2v) is 4.65. The van der Waals surface area contributed by atoms with Crippen molar-refractivity contribution < 1.29 is 9.53 Å². The lowest BCUT2D eigenvalue weighted by molar-refractivity contribution is 0.0984. The van der Waals surface area contributed by atoms with Crippen LogP contribution in [-0.4, -0.2) is 22.9 Å². The Balaban J connectivity index is 1.97. The largest absolute Gasteiger partial charge is 0.479 e. The molecule has 2 aromatic carbocycles. The summed E-state index contributed by atoms with van der Waals surface area (Å²) in [5.41, 5.74) is 1.25. The van der Waals surface area contributed by atoms with Crippen LogP contribution in [0.15, 0.2) is 54.9 Å². The molecule has 0 N–H and O–H groups in total. The van der Waals surface area contributed by atoms with Crippen LogP contribution in [0.4, 0.5) is 0 Å².